The van der Waals surface area contributed by atoms with Gasteiger partial charge >= 0.3 is 0 Å². The van der Waals surface area contributed by atoms with E-state index in [1.54, 1.807) is 19.4 Å². The first kappa shape index (κ1) is 21.7. The van der Waals surface area contributed by atoms with Crippen LogP contribution in [0.3, 0.4) is 0 Å². The van der Waals surface area contributed by atoms with Crippen LogP contribution in [-0.2, 0) is 4.79 Å². The number of hydrogen-bond donors (Lipinski definition) is 1. The third-order valence-electron chi connectivity index (χ3n) is 5.43. The summed E-state index contributed by atoms with van der Waals surface area (Å²) in [6, 6.07) is 12.2. The van der Waals surface area contributed by atoms with Gasteiger partial charge < -0.3 is 14.5 Å². The van der Waals surface area contributed by atoms with Crippen LogP contribution in [0, 0.1) is 6.92 Å². The summed E-state index contributed by atoms with van der Waals surface area (Å²) >= 11 is 0. The van der Waals surface area contributed by atoms with Crippen LogP contribution < -0.4 is 10.1 Å². The lowest BCUT2D eigenvalue weighted by atomic mass is 9.96. The Morgan fingerprint density at radius 2 is 1.93 bits per heavy atom. The van der Waals surface area contributed by atoms with Gasteiger partial charge in [0, 0.05) is 34.7 Å². The van der Waals surface area contributed by atoms with Crippen LogP contribution in [0.15, 0.2) is 53.2 Å². The first-order valence-corrected chi connectivity index (χ1v) is 10.7. The number of amides is 1. The molecule has 0 aliphatic rings. The second kappa shape index (κ2) is 10.1. The number of allylic oxidation sites excluding steroid dienone is 1. The maximum atomic E-state index is 12.4. The summed E-state index contributed by atoms with van der Waals surface area (Å²) in [5, 5.41) is 4.01. The van der Waals surface area contributed by atoms with Crippen LogP contribution in [0.4, 0.5) is 0 Å². The molecule has 158 valence electrons. The number of hydrogen-bond acceptors (Lipinski definition) is 3. The van der Waals surface area contributed by atoms with Gasteiger partial charge in [0.2, 0.25) is 5.91 Å². The molecule has 1 N–H and O–H groups in total. The van der Waals surface area contributed by atoms with Gasteiger partial charge in [-0.2, -0.15) is 0 Å². The number of aryl methyl sites for hydroxylation is 1. The molecule has 0 atom stereocenters. The minimum absolute atomic E-state index is 0.0701. The van der Waals surface area contributed by atoms with Crippen molar-refractivity contribution in [1.82, 2.24) is 5.32 Å². The molecule has 0 bridgehead atoms. The van der Waals surface area contributed by atoms with Crippen LogP contribution in [0.5, 0.6) is 5.75 Å². The number of benzene rings is 2. The summed E-state index contributed by atoms with van der Waals surface area (Å²) in [6.07, 6.45) is 8.00. The zero-order valence-electron chi connectivity index (χ0n) is 18.4. The number of unbranched alkanes of at least 4 members (excludes halogenated alkanes) is 3. The smallest absolute Gasteiger partial charge is 0.244 e. The summed E-state index contributed by atoms with van der Waals surface area (Å²) < 4.78 is 11.6. The lowest BCUT2D eigenvalue weighted by Crippen LogP contribution is -2.22. The Morgan fingerprint density at radius 1 is 1.17 bits per heavy atom. The van der Waals surface area contributed by atoms with Crippen molar-refractivity contribution in [2.75, 3.05) is 13.7 Å². The zero-order valence-corrected chi connectivity index (χ0v) is 18.4. The van der Waals surface area contributed by atoms with E-state index in [0.717, 1.165) is 57.4 Å². The third-order valence-corrected chi connectivity index (χ3v) is 5.43. The van der Waals surface area contributed by atoms with Gasteiger partial charge in [0.05, 0.1) is 13.4 Å². The monoisotopic (exact) mass is 405 g/mol. The molecule has 0 unspecified atom stereocenters. The number of nitrogens with one attached hydrogen (secondary N) is 1. The number of fused-ring (bicyclic) bond motifs is 1. The van der Waals surface area contributed by atoms with Gasteiger partial charge in [0.1, 0.15) is 11.3 Å². The fraction of sp³-hybridized carbons (Fsp3) is 0.346. The average Bonchev–Trinajstić information content (AvgIpc) is 3.18. The first-order chi connectivity index (χ1) is 14.6. The van der Waals surface area contributed by atoms with Gasteiger partial charge in [0.25, 0.3) is 0 Å². The van der Waals surface area contributed by atoms with Gasteiger partial charge in [-0.15, -0.1) is 0 Å². The molecule has 0 radical (unpaired) electrons. The standard InChI is InChI=1S/C26H31NO3/c1-5-6-7-11-14-27-24(28)15-18(2)21-16-22-23(20-12-9-8-10-13-20)17-30-26(22)19(3)25(21)29-4/h8-10,12-13,15-17H,5-7,11,14H2,1-4H3,(H,27,28)/b18-15+. The van der Waals surface area contributed by atoms with Crippen LogP contribution in [0.1, 0.15) is 50.7 Å². The van der Waals surface area contributed by atoms with Crippen LogP contribution in [0.25, 0.3) is 27.7 Å². The zero-order chi connectivity index (χ0) is 21.5. The molecule has 2 aromatic carbocycles. The van der Waals surface area contributed by atoms with E-state index in [2.05, 4.69) is 30.4 Å². The minimum Gasteiger partial charge on any atom is -0.496 e. The predicted octanol–water partition coefficient (Wildman–Crippen LogP) is 6.52. The molecule has 0 aliphatic heterocycles. The molecule has 0 aliphatic carbocycles. The van der Waals surface area contributed by atoms with Crippen LogP contribution in [-0.4, -0.2) is 19.6 Å². The molecule has 4 heteroatoms. The van der Waals surface area contributed by atoms with E-state index in [1.807, 2.05) is 32.0 Å². The summed E-state index contributed by atoms with van der Waals surface area (Å²) in [7, 11) is 1.65. The number of ether oxygens (including phenoxy) is 1. The number of carbonyl (C=O) groups is 1. The van der Waals surface area contributed by atoms with Crippen molar-refractivity contribution in [3.63, 3.8) is 0 Å². The van der Waals surface area contributed by atoms with E-state index < -0.39 is 0 Å². The molecule has 0 saturated heterocycles. The molecule has 0 fully saturated rings. The fourth-order valence-electron chi connectivity index (χ4n) is 3.80. The molecular weight excluding hydrogens is 374 g/mol. The summed E-state index contributed by atoms with van der Waals surface area (Å²) in [6.45, 7) is 6.82. The maximum Gasteiger partial charge on any atom is 0.244 e. The van der Waals surface area contributed by atoms with Crippen molar-refractivity contribution >= 4 is 22.4 Å². The highest BCUT2D eigenvalue weighted by molar-refractivity contribution is 6.01. The predicted molar refractivity (Wildman–Crippen MR) is 124 cm³/mol. The Bertz CT molecular complexity index is 1030. The molecule has 1 amide bonds. The van der Waals surface area contributed by atoms with E-state index in [1.165, 1.54) is 12.8 Å². The molecule has 4 nitrogen and oxygen atoms in total. The SMILES string of the molecule is CCCCCCNC(=O)/C=C(\C)c1cc2c(-c3ccccc3)coc2c(C)c1OC. The highest BCUT2D eigenvalue weighted by atomic mass is 16.5. The molecule has 1 heterocycles. The fourth-order valence-corrected chi connectivity index (χ4v) is 3.80. The van der Waals surface area contributed by atoms with E-state index in [-0.39, 0.29) is 5.91 Å². The van der Waals surface area contributed by atoms with Gasteiger partial charge in [0.15, 0.2) is 0 Å². The second-order valence-corrected chi connectivity index (χ2v) is 7.65. The highest BCUT2D eigenvalue weighted by Crippen LogP contribution is 2.40. The molecule has 30 heavy (non-hydrogen) atoms. The van der Waals surface area contributed by atoms with Gasteiger partial charge in [-0.3, -0.25) is 4.79 Å². The molecule has 0 spiro atoms. The Balaban J connectivity index is 1.93. The molecule has 3 aromatic rings. The van der Waals surface area contributed by atoms with Gasteiger partial charge in [-0.25, -0.2) is 0 Å². The van der Waals surface area contributed by atoms with Gasteiger partial charge in [-0.1, -0.05) is 56.5 Å². The average molecular weight is 406 g/mol. The maximum absolute atomic E-state index is 12.4. The third kappa shape index (κ3) is 4.76. The largest absolute Gasteiger partial charge is 0.496 e. The Morgan fingerprint density at radius 3 is 2.63 bits per heavy atom. The van der Waals surface area contributed by atoms with Crippen LogP contribution in [0.2, 0.25) is 0 Å². The van der Waals surface area contributed by atoms with E-state index in [4.69, 9.17) is 9.15 Å². The Kier molecular flexibility index (Phi) is 7.34. The molecular formula is C26H31NO3. The van der Waals surface area contributed by atoms with Crippen molar-refractivity contribution in [2.45, 2.75) is 46.5 Å². The molecule has 3 rings (SSSR count). The lowest BCUT2D eigenvalue weighted by Gasteiger charge is -2.13. The summed E-state index contributed by atoms with van der Waals surface area (Å²) in [5.74, 6) is 0.667. The molecule has 1 aromatic heterocycles. The second-order valence-electron chi connectivity index (χ2n) is 7.65. The topological polar surface area (TPSA) is 51.5 Å². The number of methoxy groups -OCH3 is 1. The highest BCUT2D eigenvalue weighted by Gasteiger charge is 2.18. The Hall–Kier alpha value is -3.01. The van der Waals surface area contributed by atoms with Crippen molar-refractivity contribution in [2.24, 2.45) is 0 Å². The minimum atomic E-state index is -0.0701. The summed E-state index contributed by atoms with van der Waals surface area (Å²) in [5.41, 5.74) is 5.64. The Labute approximate surface area is 178 Å². The summed E-state index contributed by atoms with van der Waals surface area (Å²) in [4.78, 5) is 12.4. The normalized spacial score (nSPS) is 11.7. The quantitative estimate of drug-likeness (QED) is 0.326. The van der Waals surface area contributed by atoms with Crippen molar-refractivity contribution in [3.8, 4) is 16.9 Å². The first-order valence-electron chi connectivity index (χ1n) is 10.7. The van der Waals surface area contributed by atoms with Crippen molar-refractivity contribution in [3.05, 3.63) is 59.9 Å². The number of carbonyl (C=O) groups excluding carboxylic acids is 1. The van der Waals surface area contributed by atoms with Crippen molar-refractivity contribution in [1.29, 1.82) is 0 Å². The molecule has 0 saturated carbocycles. The number of rotatable bonds is 9. The van der Waals surface area contributed by atoms with E-state index in [9.17, 15) is 4.79 Å². The van der Waals surface area contributed by atoms with Crippen molar-refractivity contribution < 1.29 is 13.9 Å². The van der Waals surface area contributed by atoms with E-state index >= 15 is 0 Å². The van der Waals surface area contributed by atoms with Gasteiger partial charge in [-0.05, 0) is 37.5 Å². The number of furan rings is 1. The van der Waals surface area contributed by atoms with Crippen LogP contribution >= 0.6 is 0 Å². The lowest BCUT2D eigenvalue weighted by molar-refractivity contribution is -0.116. The van der Waals surface area contributed by atoms with E-state index in [0.29, 0.717) is 6.54 Å².